The molecule has 0 aromatic heterocycles. The topological polar surface area (TPSA) is 78.5 Å². The molecule has 112 valence electrons. The first kappa shape index (κ1) is 15.0. The Kier molecular flexibility index (Phi) is 4.57. The predicted molar refractivity (Wildman–Crippen MR) is 77.4 cm³/mol. The molecule has 0 saturated carbocycles. The molecule has 1 fully saturated rings. The monoisotopic (exact) mass is 289 g/mol. The van der Waals surface area contributed by atoms with Crippen molar-refractivity contribution in [2.24, 2.45) is 5.92 Å². The molecule has 6 heteroatoms. The third-order valence-corrected chi connectivity index (χ3v) is 3.57. The number of carbonyl (C=O) groups excluding carboxylic acids is 3. The summed E-state index contributed by atoms with van der Waals surface area (Å²) < 4.78 is 0. The molecule has 2 N–H and O–H groups in total. The van der Waals surface area contributed by atoms with Crippen LogP contribution in [0.5, 0.6) is 0 Å². The Labute approximate surface area is 123 Å². The minimum absolute atomic E-state index is 0.0382. The minimum atomic E-state index is -0.271. The van der Waals surface area contributed by atoms with Crippen molar-refractivity contribution in [2.75, 3.05) is 20.6 Å². The Balaban J connectivity index is 1.96. The fourth-order valence-corrected chi connectivity index (χ4v) is 2.35. The van der Waals surface area contributed by atoms with Gasteiger partial charge in [-0.1, -0.05) is 12.1 Å². The standard InChI is InChI=1S/C15H19N3O3/c1-16-14(20)11-5-3-10(4-6-11)9-18(2)15(21)12-7-13(19)17-8-12/h3-6,12H,7-9H2,1-2H3,(H,16,20)(H,17,19). The lowest BCUT2D eigenvalue weighted by molar-refractivity contribution is -0.135. The largest absolute Gasteiger partial charge is 0.355 e. The number of nitrogens with zero attached hydrogens (tertiary/aromatic N) is 1. The number of benzene rings is 1. The molecule has 3 amide bonds. The van der Waals surface area contributed by atoms with Crippen molar-refractivity contribution in [3.05, 3.63) is 35.4 Å². The second-order valence-electron chi connectivity index (χ2n) is 5.18. The van der Waals surface area contributed by atoms with Crippen LogP contribution < -0.4 is 10.6 Å². The van der Waals surface area contributed by atoms with Crippen molar-refractivity contribution in [1.29, 1.82) is 0 Å². The van der Waals surface area contributed by atoms with Crippen molar-refractivity contribution in [3.63, 3.8) is 0 Å². The zero-order chi connectivity index (χ0) is 15.4. The van der Waals surface area contributed by atoms with E-state index in [-0.39, 0.29) is 30.1 Å². The maximum atomic E-state index is 12.2. The highest BCUT2D eigenvalue weighted by atomic mass is 16.2. The second kappa shape index (κ2) is 6.39. The van der Waals surface area contributed by atoms with Gasteiger partial charge in [0.2, 0.25) is 11.8 Å². The molecule has 1 aliphatic rings. The van der Waals surface area contributed by atoms with Crippen LogP contribution in [0.1, 0.15) is 22.3 Å². The van der Waals surface area contributed by atoms with Crippen LogP contribution in [0.25, 0.3) is 0 Å². The van der Waals surface area contributed by atoms with Crippen molar-refractivity contribution < 1.29 is 14.4 Å². The number of amides is 3. The van der Waals surface area contributed by atoms with E-state index in [1.807, 2.05) is 12.1 Å². The molecule has 1 aliphatic heterocycles. The number of hydrogen-bond acceptors (Lipinski definition) is 3. The maximum absolute atomic E-state index is 12.2. The van der Waals surface area contributed by atoms with Crippen LogP contribution in [-0.4, -0.2) is 43.3 Å². The van der Waals surface area contributed by atoms with E-state index >= 15 is 0 Å². The fraction of sp³-hybridized carbons (Fsp3) is 0.400. The molecule has 1 saturated heterocycles. The lowest BCUT2D eigenvalue weighted by atomic mass is 10.1. The van der Waals surface area contributed by atoms with Gasteiger partial charge in [0.15, 0.2) is 0 Å². The average molecular weight is 289 g/mol. The van der Waals surface area contributed by atoms with Crippen LogP contribution in [0.15, 0.2) is 24.3 Å². The van der Waals surface area contributed by atoms with Gasteiger partial charge in [0.05, 0.1) is 5.92 Å². The Morgan fingerprint density at radius 3 is 2.52 bits per heavy atom. The van der Waals surface area contributed by atoms with E-state index in [1.165, 1.54) is 0 Å². The highest BCUT2D eigenvalue weighted by molar-refractivity contribution is 5.94. The van der Waals surface area contributed by atoms with Crippen LogP contribution >= 0.6 is 0 Å². The summed E-state index contributed by atoms with van der Waals surface area (Å²) in [6.07, 6.45) is 0.263. The summed E-state index contributed by atoms with van der Waals surface area (Å²) in [5, 5.41) is 5.22. The lowest BCUT2D eigenvalue weighted by Gasteiger charge is -2.20. The summed E-state index contributed by atoms with van der Waals surface area (Å²) in [5.74, 6) is -0.519. The second-order valence-corrected chi connectivity index (χ2v) is 5.18. The molecule has 1 aromatic carbocycles. The summed E-state index contributed by atoms with van der Waals surface area (Å²) in [6, 6.07) is 7.11. The summed E-state index contributed by atoms with van der Waals surface area (Å²) in [6.45, 7) is 0.870. The molecule has 2 rings (SSSR count). The quantitative estimate of drug-likeness (QED) is 0.827. The summed E-state index contributed by atoms with van der Waals surface area (Å²) in [7, 11) is 3.30. The molecule has 1 atom stereocenters. The van der Waals surface area contributed by atoms with E-state index in [4.69, 9.17) is 0 Å². The van der Waals surface area contributed by atoms with Gasteiger partial charge in [0.25, 0.3) is 5.91 Å². The van der Waals surface area contributed by atoms with Crippen molar-refractivity contribution in [2.45, 2.75) is 13.0 Å². The van der Waals surface area contributed by atoms with Gasteiger partial charge in [-0.25, -0.2) is 0 Å². The predicted octanol–water partition coefficient (Wildman–Crippen LogP) is 0.141. The third kappa shape index (κ3) is 3.59. The SMILES string of the molecule is CNC(=O)c1ccc(CN(C)C(=O)C2CNC(=O)C2)cc1. The zero-order valence-corrected chi connectivity index (χ0v) is 12.2. The van der Waals surface area contributed by atoms with Gasteiger partial charge in [-0.15, -0.1) is 0 Å². The molecule has 0 bridgehead atoms. The highest BCUT2D eigenvalue weighted by Gasteiger charge is 2.29. The Hall–Kier alpha value is -2.37. The first-order valence-corrected chi connectivity index (χ1v) is 6.84. The van der Waals surface area contributed by atoms with Gasteiger partial charge in [0, 0.05) is 39.2 Å². The molecular weight excluding hydrogens is 270 g/mol. The Morgan fingerprint density at radius 1 is 1.33 bits per heavy atom. The summed E-state index contributed by atoms with van der Waals surface area (Å²) in [4.78, 5) is 36.4. The molecule has 0 spiro atoms. The van der Waals surface area contributed by atoms with Gasteiger partial charge in [-0.2, -0.15) is 0 Å². The van der Waals surface area contributed by atoms with Crippen LogP contribution in [-0.2, 0) is 16.1 Å². The van der Waals surface area contributed by atoms with Crippen molar-refractivity contribution in [1.82, 2.24) is 15.5 Å². The number of hydrogen-bond donors (Lipinski definition) is 2. The number of nitrogens with one attached hydrogen (secondary N) is 2. The summed E-state index contributed by atoms with van der Waals surface area (Å²) in [5.41, 5.74) is 1.52. The van der Waals surface area contributed by atoms with E-state index in [1.54, 1.807) is 31.1 Å². The van der Waals surface area contributed by atoms with Crippen LogP contribution in [0.2, 0.25) is 0 Å². The molecule has 1 heterocycles. The Morgan fingerprint density at radius 2 is 2.00 bits per heavy atom. The van der Waals surface area contributed by atoms with Gasteiger partial charge in [-0.3, -0.25) is 14.4 Å². The van der Waals surface area contributed by atoms with Crippen LogP contribution in [0, 0.1) is 5.92 Å². The lowest BCUT2D eigenvalue weighted by Crippen LogP contribution is -2.33. The minimum Gasteiger partial charge on any atom is -0.355 e. The van der Waals surface area contributed by atoms with Crippen LogP contribution in [0.3, 0.4) is 0 Å². The number of rotatable bonds is 4. The average Bonchev–Trinajstić information content (AvgIpc) is 2.93. The molecule has 0 radical (unpaired) electrons. The van der Waals surface area contributed by atoms with E-state index in [2.05, 4.69) is 10.6 Å². The number of carbonyl (C=O) groups is 3. The first-order chi connectivity index (χ1) is 10.0. The van der Waals surface area contributed by atoms with Crippen molar-refractivity contribution >= 4 is 17.7 Å². The maximum Gasteiger partial charge on any atom is 0.251 e. The van der Waals surface area contributed by atoms with Gasteiger partial charge < -0.3 is 15.5 Å². The van der Waals surface area contributed by atoms with Gasteiger partial charge in [-0.05, 0) is 17.7 Å². The zero-order valence-electron chi connectivity index (χ0n) is 12.2. The van der Waals surface area contributed by atoms with Gasteiger partial charge in [0.1, 0.15) is 0 Å². The molecule has 1 unspecified atom stereocenters. The molecule has 1 aromatic rings. The van der Waals surface area contributed by atoms with E-state index in [9.17, 15) is 14.4 Å². The molecular formula is C15H19N3O3. The van der Waals surface area contributed by atoms with Crippen molar-refractivity contribution in [3.8, 4) is 0 Å². The summed E-state index contributed by atoms with van der Waals surface area (Å²) >= 11 is 0. The molecule has 21 heavy (non-hydrogen) atoms. The molecule has 0 aliphatic carbocycles. The smallest absolute Gasteiger partial charge is 0.251 e. The Bertz CT molecular complexity index is 554. The van der Waals surface area contributed by atoms with Crippen LogP contribution in [0.4, 0.5) is 0 Å². The molecule has 6 nitrogen and oxygen atoms in total. The first-order valence-electron chi connectivity index (χ1n) is 6.84. The van der Waals surface area contributed by atoms with E-state index < -0.39 is 0 Å². The fourth-order valence-electron chi connectivity index (χ4n) is 2.35. The van der Waals surface area contributed by atoms with E-state index in [0.717, 1.165) is 5.56 Å². The van der Waals surface area contributed by atoms with Gasteiger partial charge >= 0.3 is 0 Å². The highest BCUT2D eigenvalue weighted by Crippen LogP contribution is 2.14. The third-order valence-electron chi connectivity index (χ3n) is 3.57. The van der Waals surface area contributed by atoms with E-state index in [0.29, 0.717) is 18.7 Å². The normalized spacial score (nSPS) is 17.2.